The third kappa shape index (κ3) is 3.67. The second-order valence-corrected chi connectivity index (χ2v) is 6.84. The minimum absolute atomic E-state index is 0.414. The van der Waals surface area contributed by atoms with Crippen molar-refractivity contribution in [2.45, 2.75) is 48.9 Å². The standard InChI is InChI=1S/C16H21N5OS/c17-14(22)12-8-6-11(7-9-12)10-23-16-20-19-15(21(16)18)13-4-2-1-3-5-13/h6-9,13H,1-5,10,18H2,(H2,17,22). The first-order valence-corrected chi connectivity index (χ1v) is 8.85. The third-order valence-electron chi connectivity index (χ3n) is 4.27. The number of nitrogens with zero attached hydrogens (tertiary/aromatic N) is 3. The van der Waals surface area contributed by atoms with Gasteiger partial charge in [0.2, 0.25) is 11.1 Å². The van der Waals surface area contributed by atoms with Crippen molar-refractivity contribution < 1.29 is 4.79 Å². The highest BCUT2D eigenvalue weighted by Crippen LogP contribution is 2.32. The molecular formula is C16H21N5OS. The summed E-state index contributed by atoms with van der Waals surface area (Å²) in [7, 11) is 0. The van der Waals surface area contributed by atoms with Gasteiger partial charge in [0.1, 0.15) is 0 Å². The van der Waals surface area contributed by atoms with Gasteiger partial charge in [-0.15, -0.1) is 10.2 Å². The van der Waals surface area contributed by atoms with E-state index >= 15 is 0 Å². The predicted molar refractivity (Wildman–Crippen MR) is 90.5 cm³/mol. The SMILES string of the molecule is NC(=O)c1ccc(CSc2nnc(C3CCCCC3)n2N)cc1. The molecule has 7 heteroatoms. The smallest absolute Gasteiger partial charge is 0.248 e. The van der Waals surface area contributed by atoms with Crippen LogP contribution in [0.5, 0.6) is 0 Å². The Kier molecular flexibility index (Phi) is 4.85. The summed E-state index contributed by atoms with van der Waals surface area (Å²) < 4.78 is 1.64. The molecule has 0 aliphatic heterocycles. The lowest BCUT2D eigenvalue weighted by molar-refractivity contribution is 0.100. The average molecular weight is 331 g/mol. The minimum Gasteiger partial charge on any atom is -0.366 e. The van der Waals surface area contributed by atoms with Crippen LogP contribution in [0.25, 0.3) is 0 Å². The molecule has 4 N–H and O–H groups in total. The maximum Gasteiger partial charge on any atom is 0.248 e. The molecule has 1 aliphatic rings. The van der Waals surface area contributed by atoms with Gasteiger partial charge in [-0.05, 0) is 30.5 Å². The molecule has 0 unspecified atom stereocenters. The van der Waals surface area contributed by atoms with Crippen LogP contribution < -0.4 is 11.6 Å². The fourth-order valence-corrected chi connectivity index (χ4v) is 3.76. The highest BCUT2D eigenvalue weighted by Gasteiger charge is 2.22. The Morgan fingerprint density at radius 1 is 1.17 bits per heavy atom. The van der Waals surface area contributed by atoms with Crippen molar-refractivity contribution in [3.63, 3.8) is 0 Å². The lowest BCUT2D eigenvalue weighted by atomic mass is 9.89. The number of amides is 1. The van der Waals surface area contributed by atoms with Gasteiger partial charge in [0, 0.05) is 17.2 Å². The first-order chi connectivity index (χ1) is 11.1. The largest absolute Gasteiger partial charge is 0.366 e. The number of carbonyl (C=O) groups excluding carboxylic acids is 1. The molecule has 0 atom stereocenters. The van der Waals surface area contributed by atoms with E-state index in [1.165, 1.54) is 19.3 Å². The fraction of sp³-hybridized carbons (Fsp3) is 0.438. The molecular weight excluding hydrogens is 310 g/mol. The van der Waals surface area contributed by atoms with Crippen LogP contribution in [0.1, 0.15) is 59.8 Å². The molecule has 1 aliphatic carbocycles. The second kappa shape index (κ2) is 7.04. The lowest BCUT2D eigenvalue weighted by Crippen LogP contribution is -2.18. The maximum atomic E-state index is 11.1. The zero-order valence-electron chi connectivity index (χ0n) is 12.9. The second-order valence-electron chi connectivity index (χ2n) is 5.90. The summed E-state index contributed by atoms with van der Waals surface area (Å²) in [6.45, 7) is 0. The van der Waals surface area contributed by atoms with Gasteiger partial charge >= 0.3 is 0 Å². The fourth-order valence-electron chi connectivity index (χ4n) is 2.94. The number of benzene rings is 1. The van der Waals surface area contributed by atoms with Crippen molar-refractivity contribution in [1.29, 1.82) is 0 Å². The van der Waals surface area contributed by atoms with E-state index in [9.17, 15) is 4.79 Å². The molecule has 1 amide bonds. The highest BCUT2D eigenvalue weighted by molar-refractivity contribution is 7.98. The first kappa shape index (κ1) is 15.9. The number of carbonyl (C=O) groups is 1. The summed E-state index contributed by atoms with van der Waals surface area (Å²) in [5.41, 5.74) is 6.84. The van der Waals surface area contributed by atoms with E-state index in [0.717, 1.165) is 35.1 Å². The van der Waals surface area contributed by atoms with Gasteiger partial charge in [-0.25, -0.2) is 4.68 Å². The van der Waals surface area contributed by atoms with Crippen LogP contribution >= 0.6 is 11.8 Å². The predicted octanol–water partition coefficient (Wildman–Crippen LogP) is 2.43. The zero-order chi connectivity index (χ0) is 16.2. The van der Waals surface area contributed by atoms with Crippen molar-refractivity contribution in [3.05, 3.63) is 41.2 Å². The number of hydrogen-bond acceptors (Lipinski definition) is 5. The number of nitrogen functional groups attached to an aromatic ring is 1. The molecule has 0 bridgehead atoms. The molecule has 122 valence electrons. The van der Waals surface area contributed by atoms with Gasteiger partial charge in [0.05, 0.1) is 0 Å². The molecule has 23 heavy (non-hydrogen) atoms. The molecule has 3 rings (SSSR count). The molecule has 1 saturated carbocycles. The van der Waals surface area contributed by atoms with Crippen LogP contribution in [-0.4, -0.2) is 20.8 Å². The molecule has 6 nitrogen and oxygen atoms in total. The summed E-state index contributed by atoms with van der Waals surface area (Å²) in [4.78, 5) is 11.1. The van der Waals surface area contributed by atoms with Crippen LogP contribution in [0.3, 0.4) is 0 Å². The Morgan fingerprint density at radius 2 is 1.87 bits per heavy atom. The van der Waals surface area contributed by atoms with Gasteiger partial charge < -0.3 is 11.6 Å². The van der Waals surface area contributed by atoms with Crippen LogP contribution in [-0.2, 0) is 5.75 Å². The van der Waals surface area contributed by atoms with E-state index in [4.69, 9.17) is 11.6 Å². The molecule has 1 aromatic carbocycles. The van der Waals surface area contributed by atoms with Crippen molar-refractivity contribution in [2.75, 3.05) is 5.84 Å². The van der Waals surface area contributed by atoms with E-state index < -0.39 is 5.91 Å². The Bertz CT molecular complexity index is 676. The normalized spacial score (nSPS) is 15.7. The van der Waals surface area contributed by atoms with E-state index in [2.05, 4.69) is 10.2 Å². The quantitative estimate of drug-likeness (QED) is 0.647. The number of thioether (sulfide) groups is 1. The van der Waals surface area contributed by atoms with Crippen LogP contribution in [0, 0.1) is 0 Å². The van der Waals surface area contributed by atoms with Gasteiger partial charge in [-0.3, -0.25) is 4.79 Å². The number of rotatable bonds is 5. The van der Waals surface area contributed by atoms with E-state index in [0.29, 0.717) is 11.5 Å². The molecule has 0 spiro atoms. The van der Waals surface area contributed by atoms with Crippen molar-refractivity contribution in [3.8, 4) is 0 Å². The Balaban J connectivity index is 1.64. The minimum atomic E-state index is -0.414. The van der Waals surface area contributed by atoms with Crippen molar-refractivity contribution in [2.24, 2.45) is 5.73 Å². The third-order valence-corrected chi connectivity index (χ3v) is 5.28. The summed E-state index contributed by atoms with van der Waals surface area (Å²) in [5, 5.41) is 9.25. The molecule has 2 aromatic rings. The highest BCUT2D eigenvalue weighted by atomic mass is 32.2. The van der Waals surface area contributed by atoms with Gasteiger partial charge in [-0.1, -0.05) is 43.2 Å². The summed E-state index contributed by atoms with van der Waals surface area (Å²) in [6, 6.07) is 7.26. The van der Waals surface area contributed by atoms with Crippen LogP contribution in [0.4, 0.5) is 0 Å². The summed E-state index contributed by atoms with van der Waals surface area (Å²) in [5.74, 6) is 7.81. The topological polar surface area (TPSA) is 99.8 Å². The van der Waals surface area contributed by atoms with Crippen molar-refractivity contribution >= 4 is 17.7 Å². The zero-order valence-corrected chi connectivity index (χ0v) is 13.8. The van der Waals surface area contributed by atoms with Crippen LogP contribution in [0.2, 0.25) is 0 Å². The monoisotopic (exact) mass is 331 g/mol. The molecule has 1 aromatic heterocycles. The lowest BCUT2D eigenvalue weighted by Gasteiger charge is -2.20. The Labute approximate surface area is 139 Å². The van der Waals surface area contributed by atoms with E-state index in [1.54, 1.807) is 28.6 Å². The molecule has 1 fully saturated rings. The van der Waals surface area contributed by atoms with Crippen LogP contribution in [0.15, 0.2) is 29.4 Å². The summed E-state index contributed by atoms with van der Waals surface area (Å²) >= 11 is 1.55. The Morgan fingerprint density at radius 3 is 2.52 bits per heavy atom. The van der Waals surface area contributed by atoms with E-state index in [-0.39, 0.29) is 0 Å². The molecule has 1 heterocycles. The van der Waals surface area contributed by atoms with E-state index in [1.807, 2.05) is 12.1 Å². The molecule has 0 saturated heterocycles. The average Bonchev–Trinajstić information content (AvgIpc) is 2.95. The number of nitrogens with two attached hydrogens (primary N) is 2. The number of primary amides is 1. The number of hydrogen-bond donors (Lipinski definition) is 2. The molecule has 0 radical (unpaired) electrons. The van der Waals surface area contributed by atoms with Gasteiger partial charge in [0.25, 0.3) is 0 Å². The maximum absolute atomic E-state index is 11.1. The van der Waals surface area contributed by atoms with Crippen molar-refractivity contribution in [1.82, 2.24) is 14.9 Å². The van der Waals surface area contributed by atoms with Gasteiger partial charge in [-0.2, -0.15) is 0 Å². The summed E-state index contributed by atoms with van der Waals surface area (Å²) in [6.07, 6.45) is 6.08. The first-order valence-electron chi connectivity index (χ1n) is 7.87. The van der Waals surface area contributed by atoms with Gasteiger partial charge in [0.15, 0.2) is 5.82 Å². The Hall–Kier alpha value is -2.02. The number of aromatic nitrogens is 3.